The number of hydrogen-bond donors (Lipinski definition) is 2. The Balaban J connectivity index is 2.77. The first-order valence-electron chi connectivity index (χ1n) is 7.36. The summed E-state index contributed by atoms with van der Waals surface area (Å²) in [4.78, 5) is 4.35. The maximum Gasteiger partial charge on any atom is 0.189 e. The van der Waals surface area contributed by atoms with Gasteiger partial charge in [-0.1, -0.05) is 31.2 Å². The molecule has 21 heavy (non-hydrogen) atoms. The molecule has 0 radical (unpaired) electrons. The highest BCUT2D eigenvalue weighted by molar-refractivity contribution is 5.78. The van der Waals surface area contributed by atoms with Crippen molar-refractivity contribution < 1.29 is 4.74 Å². The Morgan fingerprint density at radius 3 is 2.81 bits per heavy atom. The van der Waals surface area contributed by atoms with E-state index in [0.29, 0.717) is 19.0 Å². The highest BCUT2D eigenvalue weighted by Crippen LogP contribution is 2.23. The number of nitrogens with two attached hydrogens (primary N) is 1. The second kappa shape index (κ2) is 8.35. The van der Waals surface area contributed by atoms with E-state index in [4.69, 9.17) is 10.5 Å². The van der Waals surface area contributed by atoms with Crippen molar-refractivity contribution in [3.63, 3.8) is 0 Å². The normalized spacial score (nSPS) is 12.9. The lowest BCUT2D eigenvalue weighted by molar-refractivity contribution is 0.215. The van der Waals surface area contributed by atoms with Crippen LogP contribution in [0.15, 0.2) is 35.3 Å². The summed E-state index contributed by atoms with van der Waals surface area (Å²) < 4.78 is 5.96. The van der Waals surface area contributed by atoms with Crippen LogP contribution < -0.4 is 15.8 Å². The Bertz CT molecular complexity index is 509. The molecule has 1 aromatic carbocycles. The van der Waals surface area contributed by atoms with E-state index in [9.17, 15) is 0 Å². The molecule has 0 saturated carbocycles. The van der Waals surface area contributed by atoms with Gasteiger partial charge in [-0.25, -0.2) is 4.99 Å². The summed E-state index contributed by atoms with van der Waals surface area (Å²) in [5, 5.41) is 3.02. The van der Waals surface area contributed by atoms with E-state index in [1.54, 1.807) is 0 Å². The first-order chi connectivity index (χ1) is 9.92. The van der Waals surface area contributed by atoms with Gasteiger partial charge in [0.2, 0.25) is 0 Å². The second-order valence-corrected chi connectivity index (χ2v) is 5.46. The van der Waals surface area contributed by atoms with Gasteiger partial charge in [-0.15, -0.1) is 0 Å². The van der Waals surface area contributed by atoms with Crippen LogP contribution in [0.2, 0.25) is 0 Å². The summed E-state index contributed by atoms with van der Waals surface area (Å²) in [5.41, 5.74) is 9.07. The van der Waals surface area contributed by atoms with E-state index in [0.717, 1.165) is 23.3 Å². The third-order valence-electron chi connectivity index (χ3n) is 3.12. The number of guanidine groups is 1. The number of aliphatic imine (C=N–C) groups is 1. The van der Waals surface area contributed by atoms with Gasteiger partial charge in [0.1, 0.15) is 5.75 Å². The number of nitrogens with zero attached hydrogens (tertiary/aromatic N) is 1. The minimum Gasteiger partial charge on any atom is -0.490 e. The van der Waals surface area contributed by atoms with Crippen LogP contribution >= 0.6 is 0 Å². The van der Waals surface area contributed by atoms with Gasteiger partial charge in [-0.05, 0) is 38.8 Å². The largest absolute Gasteiger partial charge is 0.490 e. The van der Waals surface area contributed by atoms with Gasteiger partial charge in [0, 0.05) is 12.1 Å². The smallest absolute Gasteiger partial charge is 0.189 e. The van der Waals surface area contributed by atoms with Crippen molar-refractivity contribution in [2.45, 2.75) is 46.8 Å². The number of rotatable bonds is 7. The quantitative estimate of drug-likeness (QED) is 0.460. The molecule has 116 valence electrons. The molecular weight excluding hydrogens is 262 g/mol. The van der Waals surface area contributed by atoms with Gasteiger partial charge in [-0.3, -0.25) is 0 Å². The molecule has 1 rings (SSSR count). The molecule has 4 nitrogen and oxygen atoms in total. The minimum absolute atomic E-state index is 0.188. The molecule has 1 unspecified atom stereocenters. The Morgan fingerprint density at radius 2 is 2.19 bits per heavy atom. The average Bonchev–Trinajstić information content (AvgIpc) is 2.44. The highest BCUT2D eigenvalue weighted by Gasteiger charge is 2.07. The molecular formula is C17H27N3O. The van der Waals surface area contributed by atoms with Crippen molar-refractivity contribution in [1.29, 1.82) is 0 Å². The number of aryl methyl sites for hydroxylation is 1. The van der Waals surface area contributed by atoms with Crippen LogP contribution in [0, 0.1) is 6.92 Å². The molecule has 0 aliphatic carbocycles. The molecule has 0 saturated heterocycles. The van der Waals surface area contributed by atoms with Crippen molar-refractivity contribution in [1.82, 2.24) is 5.32 Å². The third-order valence-corrected chi connectivity index (χ3v) is 3.12. The molecule has 0 fully saturated rings. The van der Waals surface area contributed by atoms with Crippen LogP contribution in [-0.4, -0.2) is 18.6 Å². The lowest BCUT2D eigenvalue weighted by Crippen LogP contribution is -2.32. The number of benzene rings is 1. The summed E-state index contributed by atoms with van der Waals surface area (Å²) in [6.07, 6.45) is 1.16. The molecule has 0 amide bonds. The van der Waals surface area contributed by atoms with E-state index < -0.39 is 0 Å². The van der Waals surface area contributed by atoms with Gasteiger partial charge in [0.05, 0.1) is 12.6 Å². The van der Waals surface area contributed by atoms with Crippen LogP contribution in [0.5, 0.6) is 5.75 Å². The van der Waals surface area contributed by atoms with Gasteiger partial charge in [0.15, 0.2) is 5.96 Å². The number of nitrogens with one attached hydrogen (secondary N) is 1. The summed E-state index contributed by atoms with van der Waals surface area (Å²) in [5.74, 6) is 1.31. The lowest BCUT2D eigenvalue weighted by atomic mass is 10.1. The Kier molecular flexibility index (Phi) is 6.79. The van der Waals surface area contributed by atoms with Gasteiger partial charge in [-0.2, -0.15) is 0 Å². The van der Waals surface area contributed by atoms with Crippen molar-refractivity contribution in [3.05, 3.63) is 41.5 Å². The summed E-state index contributed by atoms with van der Waals surface area (Å²) in [6.45, 7) is 13.1. The Hall–Kier alpha value is -1.97. The lowest BCUT2D eigenvalue weighted by Gasteiger charge is -2.16. The van der Waals surface area contributed by atoms with Gasteiger partial charge in [0.25, 0.3) is 0 Å². The zero-order chi connectivity index (χ0) is 15.8. The summed E-state index contributed by atoms with van der Waals surface area (Å²) >= 11 is 0. The van der Waals surface area contributed by atoms with E-state index in [2.05, 4.69) is 49.8 Å². The zero-order valence-corrected chi connectivity index (χ0v) is 13.6. The van der Waals surface area contributed by atoms with Gasteiger partial charge < -0.3 is 15.8 Å². The van der Waals surface area contributed by atoms with Crippen LogP contribution in [-0.2, 0) is 6.54 Å². The van der Waals surface area contributed by atoms with Crippen molar-refractivity contribution in [3.8, 4) is 5.75 Å². The summed E-state index contributed by atoms with van der Waals surface area (Å²) in [6, 6.07) is 6.16. The maximum atomic E-state index is 5.96. The molecule has 1 atom stereocenters. The van der Waals surface area contributed by atoms with E-state index >= 15 is 0 Å². The van der Waals surface area contributed by atoms with Gasteiger partial charge >= 0.3 is 0 Å². The van der Waals surface area contributed by atoms with Crippen LogP contribution in [0.4, 0.5) is 0 Å². The first kappa shape index (κ1) is 17.1. The molecule has 1 aromatic rings. The van der Waals surface area contributed by atoms with E-state index in [-0.39, 0.29) is 6.10 Å². The number of hydrogen-bond acceptors (Lipinski definition) is 2. The predicted molar refractivity (Wildman–Crippen MR) is 89.7 cm³/mol. The molecule has 3 N–H and O–H groups in total. The van der Waals surface area contributed by atoms with Crippen molar-refractivity contribution in [2.75, 3.05) is 6.54 Å². The van der Waals surface area contributed by atoms with Crippen molar-refractivity contribution >= 4 is 5.96 Å². The Labute approximate surface area is 128 Å². The zero-order valence-electron chi connectivity index (χ0n) is 13.6. The fraction of sp³-hybridized carbons (Fsp3) is 0.471. The van der Waals surface area contributed by atoms with Crippen LogP contribution in [0.3, 0.4) is 0 Å². The standard InChI is InChI=1S/C17H27N3O/c1-6-14(5)21-16-9-13(4)7-8-15(16)11-20-17(18)19-10-12(2)3/h7-9,14H,2,6,10-11H2,1,3-5H3,(H3,18,19,20). The van der Waals surface area contributed by atoms with Crippen molar-refractivity contribution in [2.24, 2.45) is 10.7 Å². The monoisotopic (exact) mass is 289 g/mol. The SMILES string of the molecule is C=C(C)CNC(N)=NCc1ccc(C)cc1OC(C)CC. The molecule has 0 aromatic heterocycles. The molecule has 0 bridgehead atoms. The molecule has 0 spiro atoms. The minimum atomic E-state index is 0.188. The second-order valence-electron chi connectivity index (χ2n) is 5.46. The fourth-order valence-corrected chi connectivity index (χ4v) is 1.67. The maximum absolute atomic E-state index is 5.96. The average molecular weight is 289 g/mol. The predicted octanol–water partition coefficient (Wildman–Crippen LogP) is 3.15. The van der Waals surface area contributed by atoms with E-state index in [1.165, 1.54) is 5.56 Å². The van der Waals surface area contributed by atoms with Crippen LogP contribution in [0.1, 0.15) is 38.3 Å². The van der Waals surface area contributed by atoms with E-state index in [1.807, 2.05) is 13.0 Å². The molecule has 0 aliphatic rings. The molecule has 0 heterocycles. The fourth-order valence-electron chi connectivity index (χ4n) is 1.67. The molecule has 0 aliphatic heterocycles. The molecule has 4 heteroatoms. The van der Waals surface area contributed by atoms with Crippen LogP contribution in [0.25, 0.3) is 0 Å². The highest BCUT2D eigenvalue weighted by atomic mass is 16.5. The first-order valence-corrected chi connectivity index (χ1v) is 7.36. The topological polar surface area (TPSA) is 59.6 Å². The summed E-state index contributed by atoms with van der Waals surface area (Å²) in [7, 11) is 0. The number of ether oxygens (including phenoxy) is 1. The third kappa shape index (κ3) is 6.34. The Morgan fingerprint density at radius 1 is 1.48 bits per heavy atom.